The summed E-state index contributed by atoms with van der Waals surface area (Å²) in [5.74, 6) is 0.703. The fraction of sp³-hybridized carbons (Fsp3) is 0.476. The van der Waals surface area contributed by atoms with E-state index in [0.717, 1.165) is 40.8 Å². The second kappa shape index (κ2) is 7.72. The van der Waals surface area contributed by atoms with Gasteiger partial charge >= 0.3 is 0 Å². The molecule has 6 heteroatoms. The first-order chi connectivity index (χ1) is 12.7. The molecule has 0 unspecified atom stereocenters. The number of carbonyl (C=O) groups excluding carboxylic acids is 1. The minimum Gasteiger partial charge on any atom is -0.494 e. The predicted molar refractivity (Wildman–Crippen MR) is 115 cm³/mol. The zero-order chi connectivity index (χ0) is 19.8. The molecule has 1 N–H and O–H groups in total. The minimum atomic E-state index is -0.0569. The third-order valence-corrected chi connectivity index (χ3v) is 5.97. The highest BCUT2D eigenvalue weighted by Crippen LogP contribution is 2.38. The largest absolute Gasteiger partial charge is 0.494 e. The van der Waals surface area contributed by atoms with E-state index in [9.17, 15) is 4.79 Å². The molecule has 0 aliphatic carbocycles. The fourth-order valence-corrected chi connectivity index (χ4v) is 4.77. The fourth-order valence-electron chi connectivity index (χ4n) is 3.41. The lowest BCUT2D eigenvalue weighted by molar-refractivity contribution is -0.117. The van der Waals surface area contributed by atoms with Crippen LogP contribution in [0.4, 0.5) is 11.4 Å². The number of aryl methyl sites for hydroxylation is 1. The van der Waals surface area contributed by atoms with Crippen LogP contribution in [0.25, 0.3) is 0 Å². The zero-order valence-electron chi connectivity index (χ0n) is 16.6. The van der Waals surface area contributed by atoms with Crippen LogP contribution in [0.15, 0.2) is 18.2 Å². The molecule has 0 spiro atoms. The standard InChI is InChI=1S/C21H27ClN2O2S/c1-13-8-15(24-7-6-14-9-18(22)27-17(14)12-24)10-16(26-5)20(13)23-19(25)11-21(2,3)4/h8-10H,6-7,11-12H2,1-5H3,(H,23,25). The van der Waals surface area contributed by atoms with Gasteiger partial charge in [0.15, 0.2) is 0 Å². The predicted octanol–water partition coefficient (Wildman–Crippen LogP) is 5.66. The van der Waals surface area contributed by atoms with Gasteiger partial charge in [-0.1, -0.05) is 32.4 Å². The van der Waals surface area contributed by atoms with Crippen molar-refractivity contribution < 1.29 is 9.53 Å². The highest BCUT2D eigenvalue weighted by atomic mass is 35.5. The minimum absolute atomic E-state index is 0.00694. The number of benzene rings is 1. The topological polar surface area (TPSA) is 41.6 Å². The van der Waals surface area contributed by atoms with E-state index in [1.54, 1.807) is 18.4 Å². The molecule has 0 saturated heterocycles. The van der Waals surface area contributed by atoms with Crippen molar-refractivity contribution in [3.05, 3.63) is 38.5 Å². The number of ether oxygens (including phenoxy) is 1. The highest BCUT2D eigenvalue weighted by Gasteiger charge is 2.22. The summed E-state index contributed by atoms with van der Waals surface area (Å²) in [4.78, 5) is 16.0. The number of methoxy groups -OCH3 is 1. The molecule has 0 radical (unpaired) electrons. The molecule has 3 rings (SSSR count). The Morgan fingerprint density at radius 3 is 2.74 bits per heavy atom. The molecule has 1 amide bonds. The third kappa shape index (κ3) is 4.77. The second-order valence-electron chi connectivity index (χ2n) is 8.30. The number of hydrogen-bond donors (Lipinski definition) is 1. The Bertz CT molecular complexity index is 855. The SMILES string of the molecule is COc1cc(N2CCc3cc(Cl)sc3C2)cc(C)c1NC(=O)CC(C)(C)C. The molecular weight excluding hydrogens is 380 g/mol. The normalized spacial score (nSPS) is 14.1. The maximum Gasteiger partial charge on any atom is 0.225 e. The monoisotopic (exact) mass is 406 g/mol. The molecule has 2 aromatic rings. The van der Waals surface area contributed by atoms with E-state index in [4.69, 9.17) is 16.3 Å². The van der Waals surface area contributed by atoms with Gasteiger partial charge in [-0.25, -0.2) is 0 Å². The van der Waals surface area contributed by atoms with E-state index in [2.05, 4.69) is 43.1 Å². The van der Waals surface area contributed by atoms with Gasteiger partial charge in [0.05, 0.1) is 23.7 Å². The Morgan fingerprint density at radius 1 is 1.33 bits per heavy atom. The summed E-state index contributed by atoms with van der Waals surface area (Å²) in [7, 11) is 1.64. The van der Waals surface area contributed by atoms with E-state index in [0.29, 0.717) is 12.2 Å². The smallest absolute Gasteiger partial charge is 0.225 e. The van der Waals surface area contributed by atoms with Crippen molar-refractivity contribution in [2.75, 3.05) is 23.9 Å². The van der Waals surface area contributed by atoms with Gasteiger partial charge in [0.1, 0.15) is 5.75 Å². The van der Waals surface area contributed by atoms with Crippen LogP contribution in [0.3, 0.4) is 0 Å². The molecule has 0 fully saturated rings. The number of hydrogen-bond acceptors (Lipinski definition) is 4. The first kappa shape index (κ1) is 20.0. The van der Waals surface area contributed by atoms with E-state index in [-0.39, 0.29) is 11.3 Å². The van der Waals surface area contributed by atoms with Crippen molar-refractivity contribution in [2.24, 2.45) is 5.41 Å². The summed E-state index contributed by atoms with van der Waals surface area (Å²) in [6.45, 7) is 9.98. The van der Waals surface area contributed by atoms with Gasteiger partial charge in [-0.2, -0.15) is 0 Å². The van der Waals surface area contributed by atoms with Crippen LogP contribution < -0.4 is 15.0 Å². The molecule has 146 valence electrons. The zero-order valence-corrected chi connectivity index (χ0v) is 18.2. The molecule has 1 aromatic carbocycles. The third-order valence-electron chi connectivity index (χ3n) is 4.68. The maximum atomic E-state index is 12.4. The number of thiophene rings is 1. The molecule has 4 nitrogen and oxygen atoms in total. The summed E-state index contributed by atoms with van der Waals surface area (Å²) in [6.07, 6.45) is 1.45. The molecule has 1 aromatic heterocycles. The van der Waals surface area contributed by atoms with Crippen molar-refractivity contribution in [3.63, 3.8) is 0 Å². The highest BCUT2D eigenvalue weighted by molar-refractivity contribution is 7.16. The van der Waals surface area contributed by atoms with Crippen molar-refractivity contribution in [2.45, 2.75) is 47.1 Å². The number of fused-ring (bicyclic) bond motifs is 1. The van der Waals surface area contributed by atoms with Crippen molar-refractivity contribution >= 4 is 40.2 Å². The van der Waals surface area contributed by atoms with Crippen LogP contribution in [0.5, 0.6) is 5.75 Å². The number of halogens is 1. The Hall–Kier alpha value is -1.72. The van der Waals surface area contributed by atoms with Crippen LogP contribution in [0.2, 0.25) is 4.34 Å². The first-order valence-corrected chi connectivity index (χ1v) is 10.4. The Kier molecular flexibility index (Phi) is 5.73. The molecular formula is C21H27ClN2O2S. The quantitative estimate of drug-likeness (QED) is 0.712. The molecule has 1 aliphatic heterocycles. The van der Waals surface area contributed by atoms with Gasteiger partial charge < -0.3 is 15.0 Å². The molecule has 0 saturated carbocycles. The van der Waals surface area contributed by atoms with Crippen LogP contribution in [0.1, 0.15) is 43.2 Å². The number of rotatable bonds is 4. The Labute approximate surface area is 170 Å². The number of carbonyl (C=O) groups is 1. The van der Waals surface area contributed by atoms with E-state index < -0.39 is 0 Å². The summed E-state index contributed by atoms with van der Waals surface area (Å²) >= 11 is 7.83. The number of nitrogens with zero attached hydrogens (tertiary/aromatic N) is 1. The lowest BCUT2D eigenvalue weighted by Crippen LogP contribution is -2.29. The van der Waals surface area contributed by atoms with E-state index >= 15 is 0 Å². The summed E-state index contributed by atoms with van der Waals surface area (Å²) in [5.41, 5.74) is 4.16. The average Bonchev–Trinajstić information content (AvgIpc) is 2.93. The number of anilines is 2. The average molecular weight is 407 g/mol. The van der Waals surface area contributed by atoms with Crippen molar-refractivity contribution in [3.8, 4) is 5.75 Å². The van der Waals surface area contributed by atoms with Crippen LogP contribution in [-0.4, -0.2) is 19.6 Å². The molecule has 27 heavy (non-hydrogen) atoms. The van der Waals surface area contributed by atoms with Crippen LogP contribution >= 0.6 is 22.9 Å². The van der Waals surface area contributed by atoms with Gasteiger partial charge in [-0.3, -0.25) is 4.79 Å². The van der Waals surface area contributed by atoms with Gasteiger partial charge in [0.25, 0.3) is 0 Å². The van der Waals surface area contributed by atoms with Crippen LogP contribution in [0, 0.1) is 12.3 Å². The second-order valence-corrected chi connectivity index (χ2v) is 10.1. The lowest BCUT2D eigenvalue weighted by atomic mass is 9.92. The number of nitrogens with one attached hydrogen (secondary N) is 1. The van der Waals surface area contributed by atoms with Gasteiger partial charge in [-0.05, 0) is 42.0 Å². The Balaban J connectivity index is 1.83. The van der Waals surface area contributed by atoms with Gasteiger partial charge in [0, 0.05) is 29.6 Å². The van der Waals surface area contributed by atoms with Crippen molar-refractivity contribution in [1.82, 2.24) is 0 Å². The number of amides is 1. The maximum absolute atomic E-state index is 12.4. The van der Waals surface area contributed by atoms with Gasteiger partial charge in [-0.15, -0.1) is 11.3 Å². The van der Waals surface area contributed by atoms with Crippen LogP contribution in [-0.2, 0) is 17.8 Å². The van der Waals surface area contributed by atoms with E-state index in [1.807, 2.05) is 13.0 Å². The summed E-state index contributed by atoms with van der Waals surface area (Å²) in [5, 5.41) is 3.04. The van der Waals surface area contributed by atoms with Gasteiger partial charge in [0.2, 0.25) is 5.91 Å². The lowest BCUT2D eigenvalue weighted by Gasteiger charge is -2.30. The summed E-state index contributed by atoms with van der Waals surface area (Å²) in [6, 6.07) is 6.22. The molecule has 0 bridgehead atoms. The summed E-state index contributed by atoms with van der Waals surface area (Å²) < 4.78 is 6.46. The van der Waals surface area contributed by atoms with Crippen molar-refractivity contribution in [1.29, 1.82) is 0 Å². The molecule has 1 aliphatic rings. The molecule has 2 heterocycles. The Morgan fingerprint density at radius 2 is 2.07 bits per heavy atom. The first-order valence-electron chi connectivity index (χ1n) is 9.17. The van der Waals surface area contributed by atoms with E-state index in [1.165, 1.54) is 10.4 Å². The molecule has 0 atom stereocenters.